The molecule has 0 bridgehead atoms. The van der Waals surface area contributed by atoms with Crippen molar-refractivity contribution in [3.63, 3.8) is 0 Å². The SMILES string of the molecule is CCN(CC)C(=O)C[P+](N(CC)CC)(N(CC)CC)N(CC)CC. The Kier molecular flexibility index (Phi) is 12.1. The maximum atomic E-state index is 13.1. The maximum Gasteiger partial charge on any atom is 0.265 e. The molecular formula is C18H42N4OP+. The molecule has 0 unspecified atom stereocenters. The Morgan fingerprint density at radius 3 is 1.08 bits per heavy atom. The Morgan fingerprint density at radius 1 is 0.583 bits per heavy atom. The van der Waals surface area contributed by atoms with Crippen molar-refractivity contribution >= 4 is 13.6 Å². The predicted molar refractivity (Wildman–Crippen MR) is 108 cm³/mol. The summed E-state index contributed by atoms with van der Waals surface area (Å²) in [5.41, 5.74) is 0. The molecule has 0 N–H and O–H groups in total. The van der Waals surface area contributed by atoms with Gasteiger partial charge in [0.25, 0.3) is 5.91 Å². The fourth-order valence-electron chi connectivity index (χ4n) is 3.72. The lowest BCUT2D eigenvalue weighted by Gasteiger charge is -2.46. The van der Waals surface area contributed by atoms with Crippen molar-refractivity contribution in [2.75, 3.05) is 58.5 Å². The lowest BCUT2D eigenvalue weighted by atomic mass is 10.5. The molecule has 0 aromatic heterocycles. The van der Waals surface area contributed by atoms with Crippen LogP contribution in [0.4, 0.5) is 0 Å². The van der Waals surface area contributed by atoms with E-state index in [1.165, 1.54) is 0 Å². The second kappa shape index (κ2) is 12.2. The molecular weight excluding hydrogens is 319 g/mol. The van der Waals surface area contributed by atoms with Crippen LogP contribution in [0.2, 0.25) is 0 Å². The summed E-state index contributed by atoms with van der Waals surface area (Å²) < 4.78 is 7.73. The molecule has 0 heterocycles. The van der Waals surface area contributed by atoms with Gasteiger partial charge in [0, 0.05) is 52.4 Å². The summed E-state index contributed by atoms with van der Waals surface area (Å²) in [6, 6.07) is 0. The van der Waals surface area contributed by atoms with Gasteiger partial charge in [-0.15, -0.1) is 14.0 Å². The van der Waals surface area contributed by atoms with Crippen LogP contribution in [0.5, 0.6) is 0 Å². The van der Waals surface area contributed by atoms with Crippen molar-refractivity contribution < 1.29 is 4.79 Å². The van der Waals surface area contributed by atoms with Crippen molar-refractivity contribution in [3.05, 3.63) is 0 Å². The summed E-state index contributed by atoms with van der Waals surface area (Å²) in [5.74, 6) is 0.305. The van der Waals surface area contributed by atoms with Gasteiger partial charge in [0.2, 0.25) is 7.71 Å². The van der Waals surface area contributed by atoms with E-state index in [1.54, 1.807) is 0 Å². The second-order valence-corrected chi connectivity index (χ2v) is 9.23. The van der Waals surface area contributed by atoms with E-state index in [4.69, 9.17) is 0 Å². The fourth-order valence-corrected chi connectivity index (χ4v) is 8.68. The van der Waals surface area contributed by atoms with E-state index in [9.17, 15) is 4.79 Å². The molecule has 144 valence electrons. The standard InChI is InChI=1S/C18H42N4OP/c1-9-19(10-2)18(23)17-24(20(11-3)12-4,21(13-5)14-6)22(15-7)16-8/h9-17H2,1-8H3/q+1. The molecule has 0 aliphatic carbocycles. The zero-order valence-electron chi connectivity index (χ0n) is 17.5. The zero-order chi connectivity index (χ0) is 18.8. The lowest BCUT2D eigenvalue weighted by Crippen LogP contribution is -2.50. The Balaban J connectivity index is 6.10. The Bertz CT molecular complexity index is 307. The van der Waals surface area contributed by atoms with E-state index < -0.39 is 7.71 Å². The molecule has 5 nitrogen and oxygen atoms in total. The Morgan fingerprint density at radius 2 is 0.875 bits per heavy atom. The molecule has 0 aliphatic rings. The Hall–Kier alpha value is -0.220. The summed E-state index contributed by atoms with van der Waals surface area (Å²) in [6.45, 7) is 25.1. The van der Waals surface area contributed by atoms with Gasteiger partial charge in [-0.3, -0.25) is 4.79 Å². The molecule has 0 aliphatic heterocycles. The Labute approximate surface area is 151 Å². The molecule has 0 aromatic rings. The first kappa shape index (κ1) is 23.8. The minimum Gasteiger partial charge on any atom is -0.340 e. The summed E-state index contributed by atoms with van der Waals surface area (Å²) in [7, 11) is -1.85. The molecule has 24 heavy (non-hydrogen) atoms. The number of carbonyl (C=O) groups is 1. The van der Waals surface area contributed by atoms with Crippen molar-refractivity contribution in [2.45, 2.75) is 55.4 Å². The number of hydrogen-bond donors (Lipinski definition) is 0. The van der Waals surface area contributed by atoms with Crippen LogP contribution in [0.1, 0.15) is 55.4 Å². The lowest BCUT2D eigenvalue weighted by molar-refractivity contribution is -0.128. The van der Waals surface area contributed by atoms with Gasteiger partial charge in [-0.2, -0.15) is 0 Å². The van der Waals surface area contributed by atoms with Gasteiger partial charge in [-0.25, -0.2) is 0 Å². The van der Waals surface area contributed by atoms with Gasteiger partial charge in [0.1, 0.15) is 0 Å². The van der Waals surface area contributed by atoms with Crippen molar-refractivity contribution in [1.82, 2.24) is 18.9 Å². The summed E-state index contributed by atoms with van der Waals surface area (Å²) in [5, 5.41) is 0. The molecule has 0 fully saturated rings. The zero-order valence-corrected chi connectivity index (χ0v) is 18.4. The highest BCUT2D eigenvalue weighted by atomic mass is 31.2. The highest BCUT2D eigenvalue weighted by Gasteiger charge is 2.55. The van der Waals surface area contributed by atoms with Crippen LogP contribution >= 0.6 is 7.71 Å². The summed E-state index contributed by atoms with van der Waals surface area (Å²) in [6.07, 6.45) is 0.639. The molecule has 0 atom stereocenters. The monoisotopic (exact) mass is 361 g/mol. The van der Waals surface area contributed by atoms with Crippen LogP contribution in [-0.2, 0) is 4.79 Å². The second-order valence-electron chi connectivity index (χ2n) is 5.83. The van der Waals surface area contributed by atoms with E-state index in [1.807, 2.05) is 4.90 Å². The van der Waals surface area contributed by atoms with Crippen LogP contribution in [0.3, 0.4) is 0 Å². The first-order valence-electron chi connectivity index (χ1n) is 9.88. The molecule has 0 rings (SSSR count). The minimum absolute atomic E-state index is 0.305. The van der Waals surface area contributed by atoms with E-state index in [0.29, 0.717) is 12.1 Å². The quantitative estimate of drug-likeness (QED) is 0.469. The molecule has 6 heteroatoms. The fraction of sp³-hybridized carbons (Fsp3) is 0.944. The van der Waals surface area contributed by atoms with E-state index >= 15 is 0 Å². The highest BCUT2D eigenvalue weighted by molar-refractivity contribution is 7.69. The molecule has 0 saturated heterocycles. The average molecular weight is 362 g/mol. The largest absolute Gasteiger partial charge is 0.340 e. The van der Waals surface area contributed by atoms with Crippen LogP contribution in [0, 0.1) is 0 Å². The van der Waals surface area contributed by atoms with E-state index in [0.717, 1.165) is 52.4 Å². The van der Waals surface area contributed by atoms with Gasteiger partial charge in [-0.1, -0.05) is 0 Å². The molecule has 0 spiro atoms. The van der Waals surface area contributed by atoms with Gasteiger partial charge >= 0.3 is 0 Å². The van der Waals surface area contributed by atoms with Crippen LogP contribution in [0.25, 0.3) is 0 Å². The molecule has 0 aromatic carbocycles. The van der Waals surface area contributed by atoms with Crippen molar-refractivity contribution in [1.29, 1.82) is 0 Å². The number of rotatable bonds is 13. The van der Waals surface area contributed by atoms with E-state index in [2.05, 4.69) is 69.4 Å². The predicted octanol–water partition coefficient (Wildman–Crippen LogP) is 3.64. The summed E-state index contributed by atoms with van der Waals surface area (Å²) in [4.78, 5) is 15.1. The number of nitrogens with zero attached hydrogens (tertiary/aromatic N) is 4. The van der Waals surface area contributed by atoms with Crippen molar-refractivity contribution in [3.8, 4) is 0 Å². The molecule has 0 radical (unpaired) electrons. The molecule has 1 amide bonds. The maximum absolute atomic E-state index is 13.1. The van der Waals surface area contributed by atoms with Crippen molar-refractivity contribution in [2.24, 2.45) is 0 Å². The van der Waals surface area contributed by atoms with Crippen LogP contribution < -0.4 is 0 Å². The van der Waals surface area contributed by atoms with E-state index in [-0.39, 0.29) is 0 Å². The third-order valence-corrected chi connectivity index (χ3v) is 10.1. The topological polar surface area (TPSA) is 30.0 Å². The van der Waals surface area contributed by atoms with Gasteiger partial charge in [0.15, 0.2) is 6.16 Å². The van der Waals surface area contributed by atoms with Gasteiger partial charge < -0.3 is 4.90 Å². The first-order chi connectivity index (χ1) is 11.5. The highest BCUT2D eigenvalue weighted by Crippen LogP contribution is 2.67. The summed E-state index contributed by atoms with van der Waals surface area (Å²) >= 11 is 0. The average Bonchev–Trinajstić information content (AvgIpc) is 2.59. The first-order valence-corrected chi connectivity index (χ1v) is 11.7. The van der Waals surface area contributed by atoms with Crippen LogP contribution in [-0.4, -0.2) is 83.3 Å². The van der Waals surface area contributed by atoms with Crippen LogP contribution in [0.15, 0.2) is 0 Å². The normalized spacial score (nSPS) is 12.5. The smallest absolute Gasteiger partial charge is 0.265 e. The minimum atomic E-state index is -1.85. The number of amides is 1. The number of hydrogen-bond acceptors (Lipinski definition) is 4. The third kappa shape index (κ3) is 5.14. The number of carbonyl (C=O) groups excluding carboxylic acids is 1. The van der Waals surface area contributed by atoms with Gasteiger partial charge in [0.05, 0.1) is 0 Å². The third-order valence-electron chi connectivity index (χ3n) is 5.01. The van der Waals surface area contributed by atoms with Gasteiger partial charge in [-0.05, 0) is 55.4 Å². The molecule has 0 saturated carbocycles.